The van der Waals surface area contributed by atoms with Crippen molar-refractivity contribution in [2.24, 2.45) is 0 Å². The highest BCUT2D eigenvalue weighted by Gasteiger charge is 2.07. The number of carbonyl (C=O) groups is 2. The average Bonchev–Trinajstić information content (AvgIpc) is 2.56. The fourth-order valence-corrected chi connectivity index (χ4v) is 2.07. The molecule has 5 heteroatoms. The quantitative estimate of drug-likeness (QED) is 0.804. The van der Waals surface area contributed by atoms with Gasteiger partial charge in [0.05, 0.1) is 19.2 Å². The summed E-state index contributed by atoms with van der Waals surface area (Å²) in [5.74, 6) is -0.599. The molecule has 0 bridgehead atoms. The Bertz CT molecular complexity index is 681. The van der Waals surface area contributed by atoms with E-state index in [-0.39, 0.29) is 12.5 Å². The molecule has 0 aromatic heterocycles. The van der Waals surface area contributed by atoms with Gasteiger partial charge in [0.2, 0.25) is 5.91 Å². The summed E-state index contributed by atoms with van der Waals surface area (Å²) >= 11 is 0. The number of aryl methyl sites for hydroxylation is 1. The van der Waals surface area contributed by atoms with E-state index in [1.165, 1.54) is 12.7 Å². The molecule has 5 nitrogen and oxygen atoms in total. The summed E-state index contributed by atoms with van der Waals surface area (Å²) in [5.41, 5.74) is 3.29. The van der Waals surface area contributed by atoms with E-state index in [0.717, 1.165) is 5.56 Å². The normalized spacial score (nSPS) is 10.2. The minimum atomic E-state index is -0.432. The smallest absolute Gasteiger partial charge is 0.337 e. The second kappa shape index (κ2) is 8.10. The number of benzene rings is 2. The first-order chi connectivity index (χ1) is 11.1. The van der Waals surface area contributed by atoms with Crippen molar-refractivity contribution in [1.82, 2.24) is 5.32 Å². The fourth-order valence-electron chi connectivity index (χ4n) is 2.07. The highest BCUT2D eigenvalue weighted by molar-refractivity contribution is 5.95. The monoisotopic (exact) mass is 312 g/mol. The van der Waals surface area contributed by atoms with Gasteiger partial charge in [-0.05, 0) is 30.7 Å². The Morgan fingerprint density at radius 2 is 1.83 bits per heavy atom. The highest BCUT2D eigenvalue weighted by atomic mass is 16.5. The molecule has 0 aliphatic carbocycles. The molecular formula is C18H20N2O3. The van der Waals surface area contributed by atoms with Crippen LogP contribution in [0, 0.1) is 6.92 Å². The molecule has 2 N–H and O–H groups in total. The van der Waals surface area contributed by atoms with Gasteiger partial charge in [-0.3, -0.25) is 4.79 Å². The number of nitrogens with one attached hydrogen (secondary N) is 2. The van der Waals surface area contributed by atoms with Crippen molar-refractivity contribution in [1.29, 1.82) is 0 Å². The van der Waals surface area contributed by atoms with Gasteiger partial charge in [0.25, 0.3) is 0 Å². The lowest BCUT2D eigenvalue weighted by Crippen LogP contribution is -2.27. The maximum absolute atomic E-state index is 11.9. The van der Waals surface area contributed by atoms with Gasteiger partial charge in [0.15, 0.2) is 0 Å². The van der Waals surface area contributed by atoms with Crippen LogP contribution in [0.3, 0.4) is 0 Å². The van der Waals surface area contributed by atoms with Crippen LogP contribution >= 0.6 is 0 Å². The number of hydrogen-bond donors (Lipinski definition) is 2. The van der Waals surface area contributed by atoms with Gasteiger partial charge in [-0.15, -0.1) is 0 Å². The Balaban J connectivity index is 1.82. The fraction of sp³-hybridized carbons (Fsp3) is 0.222. The van der Waals surface area contributed by atoms with Crippen LogP contribution in [0.5, 0.6) is 0 Å². The van der Waals surface area contributed by atoms with E-state index in [1.54, 1.807) is 24.3 Å². The van der Waals surface area contributed by atoms with Crippen LogP contribution in [-0.4, -0.2) is 25.5 Å². The Morgan fingerprint density at radius 1 is 1.09 bits per heavy atom. The maximum atomic E-state index is 11.9. The molecule has 0 saturated heterocycles. The number of esters is 1. The number of rotatable bonds is 6. The van der Waals surface area contributed by atoms with Gasteiger partial charge < -0.3 is 15.4 Å². The summed E-state index contributed by atoms with van der Waals surface area (Å²) in [6, 6.07) is 14.8. The first-order valence-corrected chi connectivity index (χ1v) is 7.33. The number of ether oxygens (including phenoxy) is 1. The Morgan fingerprint density at radius 3 is 2.52 bits per heavy atom. The molecule has 0 aliphatic heterocycles. The average molecular weight is 312 g/mol. The molecule has 0 fully saturated rings. The lowest BCUT2D eigenvalue weighted by atomic mass is 10.1. The number of amides is 1. The summed E-state index contributed by atoms with van der Waals surface area (Å²) in [6.07, 6.45) is 0. The zero-order valence-electron chi connectivity index (χ0n) is 13.3. The lowest BCUT2D eigenvalue weighted by molar-refractivity contribution is -0.115. The van der Waals surface area contributed by atoms with Gasteiger partial charge in [-0.2, -0.15) is 0 Å². The van der Waals surface area contributed by atoms with E-state index in [2.05, 4.69) is 15.4 Å². The lowest BCUT2D eigenvalue weighted by Gasteiger charge is -2.08. The van der Waals surface area contributed by atoms with Crippen molar-refractivity contribution >= 4 is 17.6 Å². The predicted molar refractivity (Wildman–Crippen MR) is 89.3 cm³/mol. The van der Waals surface area contributed by atoms with E-state index >= 15 is 0 Å². The predicted octanol–water partition coefficient (Wildman–Crippen LogP) is 2.51. The highest BCUT2D eigenvalue weighted by Crippen LogP contribution is 2.11. The van der Waals surface area contributed by atoms with Crippen molar-refractivity contribution in [2.45, 2.75) is 13.5 Å². The summed E-state index contributed by atoms with van der Waals surface area (Å²) < 4.78 is 4.65. The van der Waals surface area contributed by atoms with Crippen LogP contribution in [0.15, 0.2) is 48.5 Å². The van der Waals surface area contributed by atoms with E-state index in [4.69, 9.17) is 0 Å². The van der Waals surface area contributed by atoms with Crippen molar-refractivity contribution in [3.05, 3.63) is 65.2 Å². The van der Waals surface area contributed by atoms with E-state index < -0.39 is 5.97 Å². The molecule has 120 valence electrons. The van der Waals surface area contributed by atoms with Gasteiger partial charge in [-0.25, -0.2) is 4.79 Å². The third-order valence-corrected chi connectivity index (χ3v) is 3.30. The first kappa shape index (κ1) is 16.7. The Labute approximate surface area is 135 Å². The molecule has 2 aromatic carbocycles. The summed E-state index contributed by atoms with van der Waals surface area (Å²) in [7, 11) is 1.32. The minimum Gasteiger partial charge on any atom is -0.465 e. The third kappa shape index (κ3) is 5.23. The Hall–Kier alpha value is -2.66. The molecule has 1 amide bonds. The molecule has 0 radical (unpaired) electrons. The number of hydrogen-bond acceptors (Lipinski definition) is 4. The second-order valence-corrected chi connectivity index (χ2v) is 5.21. The summed E-state index contributed by atoms with van der Waals surface area (Å²) in [6.45, 7) is 2.85. The topological polar surface area (TPSA) is 67.4 Å². The molecule has 0 unspecified atom stereocenters. The van der Waals surface area contributed by atoms with E-state index in [0.29, 0.717) is 17.8 Å². The number of methoxy groups -OCH3 is 1. The minimum absolute atomic E-state index is 0.167. The summed E-state index contributed by atoms with van der Waals surface area (Å²) in [5, 5.41) is 5.83. The molecule has 0 heterocycles. The molecular weight excluding hydrogens is 292 g/mol. The molecule has 2 aromatic rings. The van der Waals surface area contributed by atoms with Crippen LogP contribution in [0.25, 0.3) is 0 Å². The third-order valence-electron chi connectivity index (χ3n) is 3.30. The molecule has 2 rings (SSSR count). The summed E-state index contributed by atoms with van der Waals surface area (Å²) in [4.78, 5) is 23.4. The van der Waals surface area contributed by atoms with Gasteiger partial charge in [0, 0.05) is 12.2 Å². The van der Waals surface area contributed by atoms with Crippen LogP contribution in [-0.2, 0) is 16.1 Å². The standard InChI is InChI=1S/C18H20N2O3/c1-13-6-8-14(9-7-13)11-19-12-17(21)20-16-5-3-4-15(10-16)18(22)23-2/h3-10,19H,11-12H2,1-2H3,(H,20,21). The van der Waals surface area contributed by atoms with E-state index in [9.17, 15) is 9.59 Å². The van der Waals surface area contributed by atoms with Crippen LogP contribution in [0.2, 0.25) is 0 Å². The van der Waals surface area contributed by atoms with Crippen molar-refractivity contribution in [3.63, 3.8) is 0 Å². The largest absolute Gasteiger partial charge is 0.465 e. The van der Waals surface area contributed by atoms with Crippen LogP contribution in [0.4, 0.5) is 5.69 Å². The van der Waals surface area contributed by atoms with Crippen molar-refractivity contribution in [2.75, 3.05) is 19.0 Å². The van der Waals surface area contributed by atoms with Crippen LogP contribution in [0.1, 0.15) is 21.5 Å². The molecule has 0 saturated carbocycles. The zero-order valence-corrected chi connectivity index (χ0v) is 13.3. The number of anilines is 1. The van der Waals surface area contributed by atoms with Crippen LogP contribution < -0.4 is 10.6 Å². The molecule has 0 spiro atoms. The first-order valence-electron chi connectivity index (χ1n) is 7.33. The number of carbonyl (C=O) groups excluding carboxylic acids is 2. The Kier molecular flexibility index (Phi) is 5.88. The molecule has 0 atom stereocenters. The van der Waals surface area contributed by atoms with Gasteiger partial charge in [-0.1, -0.05) is 35.9 Å². The van der Waals surface area contributed by atoms with Gasteiger partial charge in [0.1, 0.15) is 0 Å². The SMILES string of the molecule is COC(=O)c1cccc(NC(=O)CNCc2ccc(C)cc2)c1. The van der Waals surface area contributed by atoms with E-state index in [1.807, 2.05) is 31.2 Å². The van der Waals surface area contributed by atoms with Gasteiger partial charge >= 0.3 is 5.97 Å². The molecule has 23 heavy (non-hydrogen) atoms. The zero-order chi connectivity index (χ0) is 16.7. The van der Waals surface area contributed by atoms with Crippen molar-refractivity contribution in [3.8, 4) is 0 Å². The maximum Gasteiger partial charge on any atom is 0.337 e. The molecule has 0 aliphatic rings. The van der Waals surface area contributed by atoms with Crippen molar-refractivity contribution < 1.29 is 14.3 Å². The second-order valence-electron chi connectivity index (χ2n) is 5.21.